The number of hydrogen-bond acceptors (Lipinski definition) is 3. The van der Waals surface area contributed by atoms with Gasteiger partial charge in [-0.1, -0.05) is 18.2 Å². The first-order valence-corrected chi connectivity index (χ1v) is 7.66. The van der Waals surface area contributed by atoms with Gasteiger partial charge >= 0.3 is 0 Å². The van der Waals surface area contributed by atoms with Crippen LogP contribution in [-0.4, -0.2) is 32.7 Å². The number of aliphatic imine (C=N–C) groups is 1. The van der Waals surface area contributed by atoms with Gasteiger partial charge in [-0.05, 0) is 26.0 Å². The van der Waals surface area contributed by atoms with Crippen molar-refractivity contribution in [3.63, 3.8) is 0 Å². The standard InChI is InChI=1S/C12H20N4O2S.HI/c1-10(2)16-19(17,18)9-8-14-12(13)15-11-6-4-3-5-7-11;/h3-7,10,16H,8-9H2,1-2H3,(H3,13,14,15);1H. The number of nitrogens with two attached hydrogens (primary N) is 1. The van der Waals surface area contributed by atoms with E-state index in [2.05, 4.69) is 15.0 Å². The second kappa shape index (κ2) is 9.14. The van der Waals surface area contributed by atoms with Gasteiger partial charge in [0.2, 0.25) is 10.0 Å². The van der Waals surface area contributed by atoms with E-state index < -0.39 is 10.0 Å². The highest BCUT2D eigenvalue weighted by molar-refractivity contribution is 14.0. The van der Waals surface area contributed by atoms with Gasteiger partial charge in [-0.15, -0.1) is 24.0 Å². The number of para-hydroxylation sites is 1. The number of benzene rings is 1. The summed E-state index contributed by atoms with van der Waals surface area (Å²) >= 11 is 0. The Morgan fingerprint density at radius 3 is 2.45 bits per heavy atom. The van der Waals surface area contributed by atoms with Crippen LogP contribution in [0, 0.1) is 0 Å². The lowest BCUT2D eigenvalue weighted by molar-refractivity contribution is 0.570. The molecule has 0 spiro atoms. The van der Waals surface area contributed by atoms with Crippen LogP contribution in [0.3, 0.4) is 0 Å². The molecule has 6 nitrogen and oxygen atoms in total. The summed E-state index contributed by atoms with van der Waals surface area (Å²) in [6, 6.07) is 9.20. The van der Waals surface area contributed by atoms with Crippen molar-refractivity contribution < 1.29 is 8.42 Å². The number of nitrogens with one attached hydrogen (secondary N) is 2. The summed E-state index contributed by atoms with van der Waals surface area (Å²) in [5.74, 6) is 0.119. The fraction of sp³-hybridized carbons (Fsp3) is 0.417. The molecule has 20 heavy (non-hydrogen) atoms. The van der Waals surface area contributed by atoms with Crippen LogP contribution < -0.4 is 15.8 Å². The Bertz CT molecular complexity index is 518. The van der Waals surface area contributed by atoms with Gasteiger partial charge in [0.05, 0.1) is 12.3 Å². The van der Waals surface area contributed by atoms with Crippen LogP contribution in [0.5, 0.6) is 0 Å². The SMILES string of the molecule is CC(C)NS(=O)(=O)CCN=C(N)Nc1ccccc1.I. The van der Waals surface area contributed by atoms with Crippen molar-refractivity contribution in [1.29, 1.82) is 0 Å². The first kappa shape index (κ1) is 19.1. The first-order chi connectivity index (χ1) is 8.89. The first-order valence-electron chi connectivity index (χ1n) is 6.01. The Morgan fingerprint density at radius 2 is 1.90 bits per heavy atom. The van der Waals surface area contributed by atoms with Gasteiger partial charge in [-0.3, -0.25) is 4.99 Å². The zero-order valence-corrected chi connectivity index (χ0v) is 14.7. The summed E-state index contributed by atoms with van der Waals surface area (Å²) in [5, 5.41) is 2.88. The number of nitrogens with zero attached hydrogens (tertiary/aromatic N) is 1. The zero-order chi connectivity index (χ0) is 14.3. The predicted octanol–water partition coefficient (Wildman–Crippen LogP) is 1.36. The average Bonchev–Trinajstić information content (AvgIpc) is 2.28. The smallest absolute Gasteiger partial charge is 0.213 e. The normalized spacial score (nSPS) is 12.1. The molecule has 0 radical (unpaired) electrons. The van der Waals surface area contributed by atoms with Gasteiger partial charge in [0.15, 0.2) is 5.96 Å². The lowest BCUT2D eigenvalue weighted by Crippen LogP contribution is -2.33. The van der Waals surface area contributed by atoms with Crippen molar-refractivity contribution in [2.75, 3.05) is 17.6 Å². The van der Waals surface area contributed by atoms with Gasteiger partial charge in [0, 0.05) is 11.7 Å². The summed E-state index contributed by atoms with van der Waals surface area (Å²) in [4.78, 5) is 3.98. The molecule has 1 aromatic rings. The second-order valence-corrected chi connectivity index (χ2v) is 6.22. The summed E-state index contributed by atoms with van der Waals surface area (Å²) in [7, 11) is -3.29. The van der Waals surface area contributed by atoms with E-state index in [1.165, 1.54) is 0 Å². The molecular weight excluding hydrogens is 391 g/mol. The van der Waals surface area contributed by atoms with Gasteiger partial charge in [0.1, 0.15) is 0 Å². The molecule has 0 aromatic heterocycles. The maximum Gasteiger partial charge on any atom is 0.213 e. The topological polar surface area (TPSA) is 96.6 Å². The van der Waals surface area contributed by atoms with Crippen molar-refractivity contribution in [2.45, 2.75) is 19.9 Å². The number of guanidine groups is 1. The molecule has 0 saturated heterocycles. The van der Waals surface area contributed by atoms with Gasteiger partial charge in [-0.2, -0.15) is 0 Å². The van der Waals surface area contributed by atoms with E-state index in [1.54, 1.807) is 13.8 Å². The van der Waals surface area contributed by atoms with Crippen molar-refractivity contribution in [1.82, 2.24) is 4.72 Å². The monoisotopic (exact) mass is 412 g/mol. The number of rotatable bonds is 6. The van der Waals surface area contributed by atoms with Crippen molar-refractivity contribution in [2.24, 2.45) is 10.7 Å². The van der Waals surface area contributed by atoms with E-state index in [0.717, 1.165) is 5.69 Å². The number of halogens is 1. The van der Waals surface area contributed by atoms with Crippen molar-refractivity contribution >= 4 is 45.6 Å². The molecule has 0 heterocycles. The minimum Gasteiger partial charge on any atom is -0.370 e. The Hall–Kier alpha value is -0.870. The van der Waals surface area contributed by atoms with E-state index in [1.807, 2.05) is 30.3 Å². The lowest BCUT2D eigenvalue weighted by atomic mass is 10.3. The molecule has 114 valence electrons. The fourth-order valence-electron chi connectivity index (χ4n) is 1.41. The summed E-state index contributed by atoms with van der Waals surface area (Å²) in [5.41, 5.74) is 6.47. The minimum atomic E-state index is -3.29. The lowest BCUT2D eigenvalue weighted by Gasteiger charge is -2.08. The maximum atomic E-state index is 11.5. The Labute approximate surface area is 137 Å². The van der Waals surface area contributed by atoms with Gasteiger partial charge in [-0.25, -0.2) is 13.1 Å². The molecular formula is C12H21IN4O2S. The van der Waals surface area contributed by atoms with Gasteiger partial charge in [0.25, 0.3) is 0 Å². The molecule has 0 unspecified atom stereocenters. The molecule has 0 aliphatic heterocycles. The molecule has 4 N–H and O–H groups in total. The molecule has 0 aliphatic carbocycles. The van der Waals surface area contributed by atoms with Crippen molar-refractivity contribution in [3.8, 4) is 0 Å². The number of sulfonamides is 1. The maximum absolute atomic E-state index is 11.5. The highest BCUT2D eigenvalue weighted by Crippen LogP contribution is 2.03. The van der Waals surface area contributed by atoms with Crippen molar-refractivity contribution in [3.05, 3.63) is 30.3 Å². The third-order valence-electron chi connectivity index (χ3n) is 2.10. The van der Waals surface area contributed by atoms with Crippen LogP contribution in [0.25, 0.3) is 0 Å². The van der Waals surface area contributed by atoms with E-state index in [9.17, 15) is 8.42 Å². The average molecular weight is 412 g/mol. The van der Waals surface area contributed by atoms with Crippen LogP contribution in [0.15, 0.2) is 35.3 Å². The van der Waals surface area contributed by atoms with E-state index in [0.29, 0.717) is 0 Å². The van der Waals surface area contributed by atoms with Gasteiger partial charge < -0.3 is 11.1 Å². The Balaban J connectivity index is 0.00000361. The predicted molar refractivity (Wildman–Crippen MR) is 94.0 cm³/mol. The summed E-state index contributed by atoms with van der Waals surface area (Å²) in [6.45, 7) is 3.66. The largest absolute Gasteiger partial charge is 0.370 e. The van der Waals surface area contributed by atoms with E-state index in [-0.39, 0.29) is 48.3 Å². The third kappa shape index (κ3) is 8.33. The molecule has 1 aromatic carbocycles. The third-order valence-corrected chi connectivity index (χ3v) is 3.65. The molecule has 8 heteroatoms. The minimum absolute atomic E-state index is 0. The highest BCUT2D eigenvalue weighted by Gasteiger charge is 2.10. The zero-order valence-electron chi connectivity index (χ0n) is 11.5. The van der Waals surface area contributed by atoms with Crippen LogP contribution >= 0.6 is 24.0 Å². The molecule has 0 aliphatic rings. The summed E-state index contributed by atoms with van der Waals surface area (Å²) in [6.07, 6.45) is 0. The van der Waals surface area contributed by atoms with Crippen LogP contribution in [0.4, 0.5) is 5.69 Å². The van der Waals surface area contributed by atoms with E-state index >= 15 is 0 Å². The van der Waals surface area contributed by atoms with E-state index in [4.69, 9.17) is 5.73 Å². The van der Waals surface area contributed by atoms with Crippen LogP contribution in [0.1, 0.15) is 13.8 Å². The molecule has 1 rings (SSSR count). The number of anilines is 1. The Morgan fingerprint density at radius 1 is 1.30 bits per heavy atom. The molecule has 0 bridgehead atoms. The van der Waals surface area contributed by atoms with Crippen LogP contribution in [-0.2, 0) is 10.0 Å². The molecule has 0 fully saturated rings. The summed E-state index contributed by atoms with van der Waals surface area (Å²) < 4.78 is 25.6. The van der Waals surface area contributed by atoms with Crippen LogP contribution in [0.2, 0.25) is 0 Å². The highest BCUT2D eigenvalue weighted by atomic mass is 127. The quantitative estimate of drug-likeness (QED) is 0.374. The second-order valence-electron chi connectivity index (χ2n) is 4.35. The Kier molecular flexibility index (Phi) is 8.74. The molecule has 0 saturated carbocycles. The molecule has 0 amide bonds. The number of hydrogen-bond donors (Lipinski definition) is 3. The molecule has 0 atom stereocenters. The fourth-order valence-corrected chi connectivity index (χ4v) is 2.58.